The highest BCUT2D eigenvalue weighted by molar-refractivity contribution is 6.01. The lowest BCUT2D eigenvalue weighted by atomic mass is 9.98. The highest BCUT2D eigenvalue weighted by Gasteiger charge is 2.21. The summed E-state index contributed by atoms with van der Waals surface area (Å²) in [7, 11) is 0. The van der Waals surface area contributed by atoms with Gasteiger partial charge in [-0.05, 0) is 35.9 Å². The van der Waals surface area contributed by atoms with E-state index in [0.717, 1.165) is 0 Å². The molecule has 0 saturated carbocycles. The summed E-state index contributed by atoms with van der Waals surface area (Å²) in [5, 5.41) is 9.32. The lowest BCUT2D eigenvalue weighted by molar-refractivity contribution is 0.0302. The third kappa shape index (κ3) is 3.63. The van der Waals surface area contributed by atoms with E-state index in [1.807, 2.05) is 18.2 Å². The van der Waals surface area contributed by atoms with Crippen molar-refractivity contribution in [3.63, 3.8) is 0 Å². The topological polar surface area (TPSA) is 66.8 Å². The fourth-order valence-electron chi connectivity index (χ4n) is 2.74. The van der Waals surface area contributed by atoms with Crippen LogP contribution in [0.3, 0.4) is 0 Å². The summed E-state index contributed by atoms with van der Waals surface area (Å²) in [4.78, 5) is 26.9. The first kappa shape index (κ1) is 16.2. The van der Waals surface area contributed by atoms with Crippen LogP contribution in [0.15, 0.2) is 48.5 Å². The van der Waals surface area contributed by atoms with E-state index in [2.05, 4.69) is 0 Å². The number of benzene rings is 2. The van der Waals surface area contributed by atoms with Gasteiger partial charge < -0.3 is 14.7 Å². The number of rotatable bonds is 4. The summed E-state index contributed by atoms with van der Waals surface area (Å²) in [6, 6.07) is 13.4. The van der Waals surface area contributed by atoms with Crippen LogP contribution in [-0.2, 0) is 11.2 Å². The molecular weight excluding hydrogens is 306 g/mol. The van der Waals surface area contributed by atoms with Crippen LogP contribution in [0.5, 0.6) is 5.75 Å². The van der Waals surface area contributed by atoms with Crippen molar-refractivity contribution in [2.75, 3.05) is 26.3 Å². The Hall–Kier alpha value is -2.66. The Labute approximate surface area is 140 Å². The molecule has 0 unspecified atom stereocenters. The van der Waals surface area contributed by atoms with Crippen molar-refractivity contribution >= 4 is 11.7 Å². The molecule has 1 aliphatic rings. The number of ketones is 1. The van der Waals surface area contributed by atoms with Gasteiger partial charge in [-0.2, -0.15) is 0 Å². The number of carbonyl (C=O) groups is 2. The minimum Gasteiger partial charge on any atom is -0.508 e. The Kier molecular flexibility index (Phi) is 4.91. The number of ether oxygens (including phenoxy) is 1. The van der Waals surface area contributed by atoms with Gasteiger partial charge in [-0.3, -0.25) is 9.59 Å². The molecule has 0 bridgehead atoms. The first-order valence-corrected chi connectivity index (χ1v) is 7.92. The molecule has 2 aromatic rings. The molecule has 0 radical (unpaired) electrons. The van der Waals surface area contributed by atoms with E-state index in [0.29, 0.717) is 43.0 Å². The van der Waals surface area contributed by atoms with Gasteiger partial charge >= 0.3 is 0 Å². The number of Topliss-reactive ketones (excluding diaryl/α,β-unsaturated/α-hetero) is 1. The second-order valence-electron chi connectivity index (χ2n) is 5.71. The van der Waals surface area contributed by atoms with Crippen molar-refractivity contribution in [3.8, 4) is 5.75 Å². The van der Waals surface area contributed by atoms with Crippen LogP contribution in [0.25, 0.3) is 0 Å². The fraction of sp³-hybridized carbons (Fsp3) is 0.263. The van der Waals surface area contributed by atoms with E-state index in [-0.39, 0.29) is 23.9 Å². The zero-order valence-corrected chi connectivity index (χ0v) is 13.3. The van der Waals surface area contributed by atoms with Gasteiger partial charge in [0.15, 0.2) is 5.78 Å². The maximum Gasteiger partial charge on any atom is 0.254 e. The number of morpholine rings is 1. The third-order valence-electron chi connectivity index (χ3n) is 4.09. The molecule has 1 amide bonds. The van der Waals surface area contributed by atoms with Gasteiger partial charge in [0.25, 0.3) is 5.91 Å². The number of carbonyl (C=O) groups excluding carboxylic acids is 2. The van der Waals surface area contributed by atoms with Gasteiger partial charge in [0, 0.05) is 30.6 Å². The zero-order chi connectivity index (χ0) is 16.9. The summed E-state index contributed by atoms with van der Waals surface area (Å²) >= 11 is 0. The molecule has 0 aliphatic carbocycles. The van der Waals surface area contributed by atoms with Gasteiger partial charge in [0.1, 0.15) is 5.75 Å². The molecule has 0 atom stereocenters. The molecular formula is C19H19NO4. The molecule has 0 spiro atoms. The number of amides is 1. The van der Waals surface area contributed by atoms with Gasteiger partial charge in [-0.15, -0.1) is 0 Å². The molecule has 0 aromatic heterocycles. The molecule has 1 aliphatic heterocycles. The van der Waals surface area contributed by atoms with Crippen LogP contribution in [0, 0.1) is 0 Å². The van der Waals surface area contributed by atoms with E-state index in [1.54, 1.807) is 23.1 Å². The minimum atomic E-state index is -0.0859. The molecule has 1 saturated heterocycles. The Bertz CT molecular complexity index is 733. The summed E-state index contributed by atoms with van der Waals surface area (Å²) in [6.45, 7) is 2.22. The second kappa shape index (κ2) is 7.27. The van der Waals surface area contributed by atoms with Crippen molar-refractivity contribution in [2.24, 2.45) is 0 Å². The van der Waals surface area contributed by atoms with Crippen molar-refractivity contribution in [3.05, 3.63) is 65.2 Å². The number of aromatic hydroxyl groups is 1. The monoisotopic (exact) mass is 325 g/mol. The van der Waals surface area contributed by atoms with E-state index >= 15 is 0 Å². The van der Waals surface area contributed by atoms with E-state index in [4.69, 9.17) is 4.74 Å². The first-order chi connectivity index (χ1) is 11.6. The van der Waals surface area contributed by atoms with E-state index in [9.17, 15) is 14.7 Å². The standard InChI is InChI=1S/C19H19NO4/c21-16-7-5-14(6-8-16)18(22)13-15-3-1-2-4-17(15)19(23)20-9-11-24-12-10-20/h1-8,21H,9-13H2. The van der Waals surface area contributed by atoms with Crippen LogP contribution in [0.1, 0.15) is 26.3 Å². The van der Waals surface area contributed by atoms with Crippen LogP contribution in [-0.4, -0.2) is 48.0 Å². The van der Waals surface area contributed by atoms with Gasteiger partial charge in [0.2, 0.25) is 0 Å². The van der Waals surface area contributed by atoms with Gasteiger partial charge in [-0.25, -0.2) is 0 Å². The molecule has 124 valence electrons. The average molecular weight is 325 g/mol. The van der Waals surface area contributed by atoms with Crippen molar-refractivity contribution in [1.82, 2.24) is 4.90 Å². The second-order valence-corrected chi connectivity index (χ2v) is 5.71. The predicted octanol–water partition coefficient (Wildman–Crippen LogP) is 2.29. The fourth-order valence-corrected chi connectivity index (χ4v) is 2.74. The largest absolute Gasteiger partial charge is 0.508 e. The molecule has 1 heterocycles. The molecule has 3 rings (SSSR count). The van der Waals surface area contributed by atoms with Crippen molar-refractivity contribution < 1.29 is 19.4 Å². The van der Waals surface area contributed by atoms with E-state index in [1.165, 1.54) is 12.1 Å². The maximum absolute atomic E-state index is 12.7. The number of nitrogens with zero attached hydrogens (tertiary/aromatic N) is 1. The Morgan fingerprint density at radius 1 is 1.00 bits per heavy atom. The summed E-state index contributed by atoms with van der Waals surface area (Å²) in [6.07, 6.45) is 0.150. The van der Waals surface area contributed by atoms with Crippen LogP contribution in [0.2, 0.25) is 0 Å². The predicted molar refractivity (Wildman–Crippen MR) is 89.3 cm³/mol. The highest BCUT2D eigenvalue weighted by atomic mass is 16.5. The molecule has 1 N–H and O–H groups in total. The van der Waals surface area contributed by atoms with Gasteiger partial charge in [0.05, 0.1) is 13.2 Å². The average Bonchev–Trinajstić information content (AvgIpc) is 2.63. The normalized spacial score (nSPS) is 14.4. The summed E-state index contributed by atoms with van der Waals surface area (Å²) in [5.74, 6) is -0.0286. The van der Waals surface area contributed by atoms with Crippen LogP contribution < -0.4 is 0 Å². The van der Waals surface area contributed by atoms with Crippen molar-refractivity contribution in [2.45, 2.75) is 6.42 Å². The SMILES string of the molecule is O=C(Cc1ccccc1C(=O)N1CCOCC1)c1ccc(O)cc1. The summed E-state index contributed by atoms with van der Waals surface area (Å²) < 4.78 is 5.28. The number of hydrogen-bond acceptors (Lipinski definition) is 4. The Morgan fingerprint density at radius 2 is 1.67 bits per heavy atom. The molecule has 2 aromatic carbocycles. The molecule has 5 nitrogen and oxygen atoms in total. The minimum absolute atomic E-state index is 0.0626. The van der Waals surface area contributed by atoms with Gasteiger partial charge in [-0.1, -0.05) is 18.2 Å². The zero-order valence-electron chi connectivity index (χ0n) is 13.3. The lowest BCUT2D eigenvalue weighted by Crippen LogP contribution is -2.41. The molecule has 5 heteroatoms. The smallest absolute Gasteiger partial charge is 0.254 e. The first-order valence-electron chi connectivity index (χ1n) is 7.92. The van der Waals surface area contributed by atoms with Crippen LogP contribution in [0.4, 0.5) is 0 Å². The number of phenols is 1. The highest BCUT2D eigenvalue weighted by Crippen LogP contribution is 2.17. The molecule has 24 heavy (non-hydrogen) atoms. The number of phenolic OH excluding ortho intramolecular Hbond substituents is 1. The maximum atomic E-state index is 12.7. The third-order valence-corrected chi connectivity index (χ3v) is 4.09. The van der Waals surface area contributed by atoms with Crippen molar-refractivity contribution in [1.29, 1.82) is 0 Å². The number of hydrogen-bond donors (Lipinski definition) is 1. The Morgan fingerprint density at radius 3 is 2.38 bits per heavy atom. The lowest BCUT2D eigenvalue weighted by Gasteiger charge is -2.27. The summed E-state index contributed by atoms with van der Waals surface area (Å²) in [5.41, 5.74) is 1.79. The van der Waals surface area contributed by atoms with Crippen LogP contribution >= 0.6 is 0 Å². The Balaban J connectivity index is 1.79. The molecule has 1 fully saturated rings. The van der Waals surface area contributed by atoms with E-state index < -0.39 is 0 Å². The quantitative estimate of drug-likeness (QED) is 0.876.